The van der Waals surface area contributed by atoms with Crippen LogP contribution in [0.5, 0.6) is 11.5 Å². The Kier molecular flexibility index (Phi) is 6.11. The second-order valence-electron chi connectivity index (χ2n) is 3.90. The molecule has 6 heteroatoms. The first-order chi connectivity index (χ1) is 9.12. The third-order valence-corrected chi connectivity index (χ3v) is 2.66. The summed E-state index contributed by atoms with van der Waals surface area (Å²) < 4.78 is 15.2. The molecule has 1 unspecified atom stereocenters. The maximum absolute atomic E-state index is 11.0. The minimum atomic E-state index is -0.950. The Balaban J connectivity index is 2.73. The molecular formula is C13H19NO5. The molecule has 0 saturated heterocycles. The van der Waals surface area contributed by atoms with Crippen LogP contribution in [-0.2, 0) is 16.1 Å². The zero-order valence-corrected chi connectivity index (χ0v) is 11.3. The first-order valence-corrected chi connectivity index (χ1v) is 5.78. The van der Waals surface area contributed by atoms with Crippen molar-refractivity contribution in [3.8, 4) is 11.5 Å². The lowest BCUT2D eigenvalue weighted by molar-refractivity contribution is -0.140. The summed E-state index contributed by atoms with van der Waals surface area (Å²) >= 11 is 0. The number of ether oxygens (including phenoxy) is 3. The summed E-state index contributed by atoms with van der Waals surface area (Å²) in [6.45, 7) is 0.474. The summed E-state index contributed by atoms with van der Waals surface area (Å²) in [6.07, 6.45) is 0. The second kappa shape index (κ2) is 7.60. The Bertz CT molecular complexity index is 421. The Morgan fingerprint density at radius 2 is 2.05 bits per heavy atom. The third-order valence-electron chi connectivity index (χ3n) is 2.66. The predicted molar refractivity (Wildman–Crippen MR) is 69.7 cm³/mol. The Morgan fingerprint density at radius 1 is 1.32 bits per heavy atom. The molecule has 0 aliphatic heterocycles. The average molecular weight is 269 g/mol. The second-order valence-corrected chi connectivity index (χ2v) is 3.90. The zero-order chi connectivity index (χ0) is 14.3. The van der Waals surface area contributed by atoms with Crippen LogP contribution >= 0.6 is 0 Å². The fraction of sp³-hybridized carbons (Fsp3) is 0.462. The molecule has 1 aromatic rings. The first kappa shape index (κ1) is 15.3. The van der Waals surface area contributed by atoms with Crippen LogP contribution in [0.15, 0.2) is 18.2 Å². The van der Waals surface area contributed by atoms with Crippen LogP contribution < -0.4 is 14.8 Å². The number of carbonyl (C=O) groups is 1. The summed E-state index contributed by atoms with van der Waals surface area (Å²) in [5.41, 5.74) is 0.852. The molecule has 19 heavy (non-hydrogen) atoms. The number of benzene rings is 1. The van der Waals surface area contributed by atoms with Crippen molar-refractivity contribution in [3.05, 3.63) is 23.8 Å². The van der Waals surface area contributed by atoms with E-state index in [1.54, 1.807) is 26.4 Å². The highest BCUT2D eigenvalue weighted by Gasteiger charge is 2.17. The maximum Gasteiger partial charge on any atom is 0.323 e. The van der Waals surface area contributed by atoms with E-state index in [1.165, 1.54) is 7.11 Å². The van der Waals surface area contributed by atoms with Crippen LogP contribution in [0.4, 0.5) is 0 Å². The zero-order valence-electron chi connectivity index (χ0n) is 11.3. The summed E-state index contributed by atoms with van der Waals surface area (Å²) in [4.78, 5) is 11.0. The summed E-state index contributed by atoms with van der Waals surface area (Å²) in [5, 5.41) is 11.9. The Morgan fingerprint density at radius 3 is 2.58 bits per heavy atom. The van der Waals surface area contributed by atoms with Gasteiger partial charge in [0.05, 0.1) is 20.8 Å². The van der Waals surface area contributed by atoms with E-state index in [9.17, 15) is 4.79 Å². The van der Waals surface area contributed by atoms with Crippen LogP contribution in [0.3, 0.4) is 0 Å². The van der Waals surface area contributed by atoms with Gasteiger partial charge in [0.15, 0.2) is 0 Å². The number of rotatable bonds is 8. The van der Waals surface area contributed by atoms with Crippen LogP contribution in [0.25, 0.3) is 0 Å². The molecule has 1 rings (SSSR count). The minimum absolute atomic E-state index is 0.105. The molecule has 0 fully saturated rings. The monoisotopic (exact) mass is 269 g/mol. The third kappa shape index (κ3) is 4.42. The molecule has 1 atom stereocenters. The molecule has 2 N–H and O–H groups in total. The van der Waals surface area contributed by atoms with E-state index in [-0.39, 0.29) is 6.61 Å². The van der Waals surface area contributed by atoms with Gasteiger partial charge in [0.1, 0.15) is 17.5 Å². The van der Waals surface area contributed by atoms with Gasteiger partial charge >= 0.3 is 5.97 Å². The highest BCUT2D eigenvalue weighted by molar-refractivity contribution is 5.73. The quantitative estimate of drug-likeness (QED) is 0.730. The van der Waals surface area contributed by atoms with Crippen LogP contribution in [0.2, 0.25) is 0 Å². The maximum atomic E-state index is 11.0. The van der Waals surface area contributed by atoms with Crippen molar-refractivity contribution in [1.82, 2.24) is 5.32 Å². The normalized spacial score (nSPS) is 11.9. The van der Waals surface area contributed by atoms with E-state index >= 15 is 0 Å². The van der Waals surface area contributed by atoms with Crippen LogP contribution in [-0.4, -0.2) is 45.1 Å². The number of hydrogen-bond donors (Lipinski definition) is 2. The smallest absolute Gasteiger partial charge is 0.323 e. The lowest BCUT2D eigenvalue weighted by Crippen LogP contribution is -2.39. The van der Waals surface area contributed by atoms with E-state index in [4.69, 9.17) is 19.3 Å². The molecule has 0 saturated carbocycles. The molecule has 1 aromatic carbocycles. The largest absolute Gasteiger partial charge is 0.497 e. The minimum Gasteiger partial charge on any atom is -0.497 e. The molecule has 0 amide bonds. The van der Waals surface area contributed by atoms with Gasteiger partial charge in [-0.1, -0.05) is 6.07 Å². The molecular weight excluding hydrogens is 250 g/mol. The molecule has 0 spiro atoms. The number of carboxylic acid groups (broad SMARTS) is 1. The molecule has 0 bridgehead atoms. The lowest BCUT2D eigenvalue weighted by Gasteiger charge is -2.15. The SMILES string of the molecule is COCC(NCc1ccc(OC)cc1OC)C(=O)O. The Labute approximate surface area is 112 Å². The van der Waals surface area contributed by atoms with Crippen molar-refractivity contribution < 1.29 is 24.1 Å². The van der Waals surface area contributed by atoms with Crippen LogP contribution in [0, 0.1) is 0 Å². The summed E-state index contributed by atoms with van der Waals surface area (Å²) in [7, 11) is 4.60. The molecule has 0 heterocycles. The highest BCUT2D eigenvalue weighted by Crippen LogP contribution is 2.24. The molecule has 0 aromatic heterocycles. The van der Waals surface area contributed by atoms with Crippen molar-refractivity contribution >= 4 is 5.97 Å². The van der Waals surface area contributed by atoms with Crippen molar-refractivity contribution in [2.45, 2.75) is 12.6 Å². The molecule has 6 nitrogen and oxygen atoms in total. The van der Waals surface area contributed by atoms with E-state index in [1.807, 2.05) is 6.07 Å². The average Bonchev–Trinajstić information content (AvgIpc) is 2.42. The topological polar surface area (TPSA) is 77.0 Å². The number of methoxy groups -OCH3 is 3. The van der Waals surface area contributed by atoms with Gasteiger partial charge in [-0.05, 0) is 6.07 Å². The standard InChI is InChI=1S/C13H19NO5/c1-17-8-11(13(15)16)14-7-9-4-5-10(18-2)6-12(9)19-3/h4-6,11,14H,7-8H2,1-3H3,(H,15,16). The van der Waals surface area contributed by atoms with Crippen molar-refractivity contribution in [1.29, 1.82) is 0 Å². The van der Waals surface area contributed by atoms with Crippen LogP contribution in [0.1, 0.15) is 5.56 Å². The fourth-order valence-electron chi connectivity index (χ4n) is 1.62. The molecule has 106 valence electrons. The van der Waals surface area contributed by atoms with Gasteiger partial charge in [-0.15, -0.1) is 0 Å². The Hall–Kier alpha value is -1.79. The number of aliphatic carboxylic acids is 1. The van der Waals surface area contributed by atoms with E-state index in [0.29, 0.717) is 18.0 Å². The van der Waals surface area contributed by atoms with Gasteiger partial charge < -0.3 is 19.3 Å². The molecule has 0 radical (unpaired) electrons. The number of carboxylic acids is 1. The van der Waals surface area contributed by atoms with Crippen molar-refractivity contribution in [2.24, 2.45) is 0 Å². The first-order valence-electron chi connectivity index (χ1n) is 5.78. The molecule has 0 aliphatic carbocycles. The summed E-state index contributed by atoms with van der Waals surface area (Å²) in [5.74, 6) is 0.384. The summed E-state index contributed by atoms with van der Waals surface area (Å²) in [6, 6.07) is 4.63. The van der Waals surface area contributed by atoms with E-state index in [0.717, 1.165) is 5.56 Å². The highest BCUT2D eigenvalue weighted by atomic mass is 16.5. The lowest BCUT2D eigenvalue weighted by atomic mass is 10.1. The number of nitrogens with one attached hydrogen (secondary N) is 1. The molecule has 0 aliphatic rings. The van der Waals surface area contributed by atoms with Gasteiger partial charge in [0.25, 0.3) is 0 Å². The number of hydrogen-bond acceptors (Lipinski definition) is 5. The van der Waals surface area contributed by atoms with Gasteiger partial charge in [-0.3, -0.25) is 10.1 Å². The van der Waals surface area contributed by atoms with Crippen molar-refractivity contribution in [2.75, 3.05) is 27.9 Å². The van der Waals surface area contributed by atoms with Crippen molar-refractivity contribution in [3.63, 3.8) is 0 Å². The van der Waals surface area contributed by atoms with Gasteiger partial charge in [-0.2, -0.15) is 0 Å². The van der Waals surface area contributed by atoms with Gasteiger partial charge in [0, 0.05) is 25.3 Å². The van der Waals surface area contributed by atoms with E-state index < -0.39 is 12.0 Å². The van der Waals surface area contributed by atoms with E-state index in [2.05, 4.69) is 5.32 Å². The fourth-order valence-corrected chi connectivity index (χ4v) is 1.62. The van der Waals surface area contributed by atoms with Gasteiger partial charge in [0.2, 0.25) is 0 Å². The van der Waals surface area contributed by atoms with Gasteiger partial charge in [-0.25, -0.2) is 0 Å². The predicted octanol–water partition coefficient (Wildman–Crippen LogP) is 0.893.